The molecule has 0 radical (unpaired) electrons. The van der Waals surface area contributed by atoms with Gasteiger partial charge in [-0.05, 0) is 24.6 Å². The number of rotatable bonds is 5. The molecule has 27 heavy (non-hydrogen) atoms. The zero-order valence-electron chi connectivity index (χ0n) is 16.1. The summed E-state index contributed by atoms with van der Waals surface area (Å²) in [6.07, 6.45) is 0. The van der Waals surface area contributed by atoms with Crippen LogP contribution >= 0.6 is 0 Å². The maximum atomic E-state index is 12.5. The van der Waals surface area contributed by atoms with Crippen molar-refractivity contribution in [1.29, 1.82) is 0 Å². The molecule has 0 aromatic heterocycles. The first kappa shape index (κ1) is 19.1. The Labute approximate surface area is 161 Å². The minimum absolute atomic E-state index is 0.0677. The Morgan fingerprint density at radius 1 is 0.926 bits per heavy atom. The average Bonchev–Trinajstić information content (AvgIpc) is 2.70. The van der Waals surface area contributed by atoms with E-state index in [0.29, 0.717) is 26.2 Å². The van der Waals surface area contributed by atoms with Crippen molar-refractivity contribution in [2.45, 2.75) is 13.5 Å². The van der Waals surface area contributed by atoms with Crippen molar-refractivity contribution in [1.82, 2.24) is 14.7 Å². The van der Waals surface area contributed by atoms with E-state index in [1.807, 2.05) is 42.3 Å². The number of hydrogen-bond donors (Lipinski definition) is 0. The van der Waals surface area contributed by atoms with E-state index < -0.39 is 0 Å². The molecule has 0 spiro atoms. The third kappa shape index (κ3) is 5.17. The van der Waals surface area contributed by atoms with Crippen LogP contribution < -0.4 is 0 Å². The van der Waals surface area contributed by atoms with E-state index in [1.165, 1.54) is 5.56 Å². The van der Waals surface area contributed by atoms with Crippen molar-refractivity contribution in [3.63, 3.8) is 0 Å². The largest absolute Gasteiger partial charge is 0.340 e. The third-order valence-corrected chi connectivity index (χ3v) is 5.01. The molecule has 2 aromatic rings. The number of carbonyl (C=O) groups excluding carboxylic acids is 2. The molecule has 1 saturated heterocycles. The van der Waals surface area contributed by atoms with Gasteiger partial charge in [0.05, 0.1) is 6.54 Å². The van der Waals surface area contributed by atoms with E-state index in [-0.39, 0.29) is 11.8 Å². The lowest BCUT2D eigenvalue weighted by molar-refractivity contribution is -0.132. The van der Waals surface area contributed by atoms with E-state index in [0.717, 1.165) is 24.2 Å². The first-order valence-electron chi connectivity index (χ1n) is 9.39. The monoisotopic (exact) mass is 365 g/mol. The summed E-state index contributed by atoms with van der Waals surface area (Å²) in [5, 5.41) is 0. The number of hydrogen-bond acceptors (Lipinski definition) is 3. The van der Waals surface area contributed by atoms with E-state index in [1.54, 1.807) is 4.90 Å². The normalized spacial score (nSPS) is 14.8. The fourth-order valence-corrected chi connectivity index (χ4v) is 3.24. The van der Waals surface area contributed by atoms with Gasteiger partial charge in [0, 0.05) is 45.3 Å². The highest BCUT2D eigenvalue weighted by molar-refractivity contribution is 5.94. The minimum atomic E-state index is 0.0677. The number of carbonyl (C=O) groups is 2. The molecular weight excluding hydrogens is 338 g/mol. The Balaban J connectivity index is 1.46. The topological polar surface area (TPSA) is 43.9 Å². The minimum Gasteiger partial charge on any atom is -0.340 e. The molecule has 0 aliphatic carbocycles. The number of aryl methyl sites for hydroxylation is 1. The molecule has 1 aliphatic heterocycles. The highest BCUT2D eigenvalue weighted by atomic mass is 16.2. The molecule has 1 aliphatic rings. The van der Waals surface area contributed by atoms with Crippen LogP contribution in [0.5, 0.6) is 0 Å². The SMILES string of the molecule is Cc1ccc(CN(C)C(=O)CN2CCN(C(=O)c3ccccc3)CC2)cc1. The van der Waals surface area contributed by atoms with Crippen LogP contribution in [0.3, 0.4) is 0 Å². The van der Waals surface area contributed by atoms with E-state index >= 15 is 0 Å². The molecule has 2 aromatic carbocycles. The summed E-state index contributed by atoms with van der Waals surface area (Å²) < 4.78 is 0. The quantitative estimate of drug-likeness (QED) is 0.817. The van der Waals surface area contributed by atoms with Gasteiger partial charge in [-0.3, -0.25) is 14.5 Å². The van der Waals surface area contributed by atoms with Gasteiger partial charge in [-0.25, -0.2) is 0 Å². The summed E-state index contributed by atoms with van der Waals surface area (Å²) in [4.78, 5) is 30.8. The van der Waals surface area contributed by atoms with Crippen molar-refractivity contribution in [2.75, 3.05) is 39.8 Å². The fraction of sp³-hybridized carbons (Fsp3) is 0.364. The number of benzene rings is 2. The second-order valence-electron chi connectivity index (χ2n) is 7.17. The van der Waals surface area contributed by atoms with Crippen LogP contribution in [0.1, 0.15) is 21.5 Å². The highest BCUT2D eigenvalue weighted by Gasteiger charge is 2.24. The molecular formula is C22H27N3O2. The molecule has 142 valence electrons. The van der Waals surface area contributed by atoms with Crippen LogP contribution in [-0.4, -0.2) is 66.3 Å². The molecule has 1 heterocycles. The fourth-order valence-electron chi connectivity index (χ4n) is 3.24. The molecule has 2 amide bonds. The van der Waals surface area contributed by atoms with Crippen LogP contribution in [-0.2, 0) is 11.3 Å². The molecule has 0 unspecified atom stereocenters. The van der Waals surface area contributed by atoms with Crippen molar-refractivity contribution < 1.29 is 9.59 Å². The second-order valence-corrected chi connectivity index (χ2v) is 7.17. The van der Waals surface area contributed by atoms with Gasteiger partial charge in [0.15, 0.2) is 0 Å². The first-order valence-corrected chi connectivity index (χ1v) is 9.39. The van der Waals surface area contributed by atoms with Gasteiger partial charge in [-0.1, -0.05) is 48.0 Å². The summed E-state index contributed by atoms with van der Waals surface area (Å²) in [6, 6.07) is 17.6. The summed E-state index contributed by atoms with van der Waals surface area (Å²) in [7, 11) is 1.84. The Morgan fingerprint density at radius 3 is 2.19 bits per heavy atom. The van der Waals surface area contributed by atoms with Crippen molar-refractivity contribution in [3.8, 4) is 0 Å². The van der Waals surface area contributed by atoms with Crippen molar-refractivity contribution in [3.05, 3.63) is 71.3 Å². The van der Waals surface area contributed by atoms with Crippen LogP contribution in [0.2, 0.25) is 0 Å². The van der Waals surface area contributed by atoms with Gasteiger partial charge in [0.25, 0.3) is 5.91 Å². The predicted molar refractivity (Wildman–Crippen MR) is 106 cm³/mol. The lowest BCUT2D eigenvalue weighted by Crippen LogP contribution is -2.51. The summed E-state index contributed by atoms with van der Waals surface area (Å²) in [5.74, 6) is 0.177. The Bertz CT molecular complexity index is 766. The van der Waals surface area contributed by atoms with Crippen LogP contribution in [0.4, 0.5) is 0 Å². The zero-order valence-corrected chi connectivity index (χ0v) is 16.1. The van der Waals surface area contributed by atoms with Crippen LogP contribution in [0.15, 0.2) is 54.6 Å². The molecule has 5 heteroatoms. The smallest absolute Gasteiger partial charge is 0.253 e. The lowest BCUT2D eigenvalue weighted by Gasteiger charge is -2.35. The maximum Gasteiger partial charge on any atom is 0.253 e. The maximum absolute atomic E-state index is 12.5. The second kappa shape index (κ2) is 8.82. The number of nitrogens with zero attached hydrogens (tertiary/aromatic N) is 3. The molecule has 0 bridgehead atoms. The van der Waals surface area contributed by atoms with Crippen molar-refractivity contribution in [2.24, 2.45) is 0 Å². The van der Waals surface area contributed by atoms with E-state index in [9.17, 15) is 9.59 Å². The van der Waals surface area contributed by atoms with Gasteiger partial charge < -0.3 is 9.80 Å². The number of piperazine rings is 1. The summed E-state index contributed by atoms with van der Waals surface area (Å²) in [5.41, 5.74) is 3.07. The molecule has 0 saturated carbocycles. The molecule has 0 N–H and O–H groups in total. The molecule has 1 fully saturated rings. The average molecular weight is 365 g/mol. The summed E-state index contributed by atoms with van der Waals surface area (Å²) in [6.45, 7) is 5.83. The van der Waals surface area contributed by atoms with Gasteiger partial charge in [0.1, 0.15) is 0 Å². The van der Waals surface area contributed by atoms with Gasteiger partial charge in [-0.15, -0.1) is 0 Å². The predicted octanol–water partition coefficient (Wildman–Crippen LogP) is 2.41. The Kier molecular flexibility index (Phi) is 6.24. The molecule has 0 atom stereocenters. The summed E-state index contributed by atoms with van der Waals surface area (Å²) >= 11 is 0. The van der Waals surface area contributed by atoms with Crippen LogP contribution in [0, 0.1) is 6.92 Å². The number of likely N-dealkylation sites (N-methyl/N-ethyl adjacent to an activating group) is 1. The van der Waals surface area contributed by atoms with Crippen molar-refractivity contribution >= 4 is 11.8 Å². The Morgan fingerprint density at radius 2 is 1.56 bits per heavy atom. The van der Waals surface area contributed by atoms with Gasteiger partial charge >= 0.3 is 0 Å². The van der Waals surface area contributed by atoms with E-state index in [4.69, 9.17) is 0 Å². The standard InChI is InChI=1S/C22H27N3O2/c1-18-8-10-19(11-9-18)16-23(2)21(26)17-24-12-14-25(15-13-24)22(27)20-6-4-3-5-7-20/h3-11H,12-17H2,1-2H3. The molecule has 3 rings (SSSR count). The highest BCUT2D eigenvalue weighted by Crippen LogP contribution is 2.10. The van der Waals surface area contributed by atoms with Crippen LogP contribution in [0.25, 0.3) is 0 Å². The third-order valence-electron chi connectivity index (χ3n) is 5.01. The lowest BCUT2D eigenvalue weighted by atomic mass is 10.1. The zero-order chi connectivity index (χ0) is 19.2. The Hall–Kier alpha value is -2.66. The van der Waals surface area contributed by atoms with Gasteiger partial charge in [-0.2, -0.15) is 0 Å². The molecule has 5 nitrogen and oxygen atoms in total. The number of amides is 2. The van der Waals surface area contributed by atoms with Gasteiger partial charge in [0.2, 0.25) is 5.91 Å². The van der Waals surface area contributed by atoms with E-state index in [2.05, 4.69) is 36.1 Å². The first-order chi connectivity index (χ1) is 13.0.